The summed E-state index contributed by atoms with van der Waals surface area (Å²) in [7, 11) is 0. The van der Waals surface area contributed by atoms with Gasteiger partial charge in [0.25, 0.3) is 0 Å². The lowest BCUT2D eigenvalue weighted by Crippen LogP contribution is -2.04. The second-order valence-corrected chi connectivity index (χ2v) is 5.54. The van der Waals surface area contributed by atoms with E-state index in [0.29, 0.717) is 6.61 Å². The fraction of sp³-hybridized carbons (Fsp3) is 0.125. The Kier molecular flexibility index (Phi) is 4.01. The number of nitrogens with two attached hydrogens (primary N) is 1. The second kappa shape index (κ2) is 6.10. The van der Waals surface area contributed by atoms with E-state index in [0.717, 1.165) is 38.9 Å². The number of nitrogen functional groups attached to an aromatic ring is 1. The van der Waals surface area contributed by atoms with Crippen LogP contribution in [0.1, 0.15) is 5.56 Å². The molecule has 21 heavy (non-hydrogen) atoms. The molecular weight excluding hydrogens is 330 g/mol. The number of para-hydroxylation sites is 1. The third-order valence-electron chi connectivity index (χ3n) is 3.19. The van der Waals surface area contributed by atoms with Crippen LogP contribution >= 0.6 is 15.9 Å². The Morgan fingerprint density at radius 3 is 2.86 bits per heavy atom. The van der Waals surface area contributed by atoms with Crippen molar-refractivity contribution in [1.29, 1.82) is 0 Å². The molecule has 0 unspecified atom stereocenters. The number of nitrogens with zero attached hydrogens (tertiary/aromatic N) is 2. The summed E-state index contributed by atoms with van der Waals surface area (Å²) in [5, 5.41) is 0. The zero-order valence-corrected chi connectivity index (χ0v) is 12.9. The van der Waals surface area contributed by atoms with Crippen molar-refractivity contribution < 1.29 is 4.74 Å². The van der Waals surface area contributed by atoms with Crippen molar-refractivity contribution >= 4 is 32.7 Å². The number of pyridine rings is 2. The van der Waals surface area contributed by atoms with E-state index in [4.69, 9.17) is 10.5 Å². The van der Waals surface area contributed by atoms with Crippen molar-refractivity contribution in [2.45, 2.75) is 6.42 Å². The molecule has 2 aromatic heterocycles. The number of halogens is 1. The number of aromatic nitrogens is 2. The van der Waals surface area contributed by atoms with E-state index < -0.39 is 0 Å². The normalized spacial score (nSPS) is 10.7. The third-order valence-corrected chi connectivity index (χ3v) is 3.62. The van der Waals surface area contributed by atoms with Gasteiger partial charge in [-0.2, -0.15) is 0 Å². The van der Waals surface area contributed by atoms with E-state index >= 15 is 0 Å². The molecular formula is C16H14BrN3O. The first-order chi connectivity index (χ1) is 10.2. The molecule has 0 amide bonds. The molecule has 0 spiro atoms. The molecule has 0 saturated heterocycles. The van der Waals surface area contributed by atoms with E-state index in [2.05, 4.69) is 25.9 Å². The lowest BCUT2D eigenvalue weighted by atomic mass is 10.1. The smallest absolute Gasteiger partial charge is 0.148 e. The number of anilines is 1. The van der Waals surface area contributed by atoms with Crippen LogP contribution in [0.15, 0.2) is 53.3 Å². The maximum Gasteiger partial charge on any atom is 0.148 e. The molecule has 0 atom stereocenters. The molecule has 106 valence electrons. The highest BCUT2D eigenvalue weighted by atomic mass is 79.9. The van der Waals surface area contributed by atoms with Crippen molar-refractivity contribution in [2.75, 3.05) is 12.3 Å². The SMILES string of the molecule is Nc1ccccc1CCOc1ccnc2cc(Br)cnc12. The highest BCUT2D eigenvalue weighted by Crippen LogP contribution is 2.24. The number of rotatable bonds is 4. The molecule has 2 heterocycles. The maximum absolute atomic E-state index is 5.92. The van der Waals surface area contributed by atoms with Crippen LogP contribution in [0.4, 0.5) is 5.69 Å². The minimum absolute atomic E-state index is 0.547. The highest BCUT2D eigenvalue weighted by Gasteiger charge is 2.06. The molecule has 0 radical (unpaired) electrons. The van der Waals surface area contributed by atoms with Crippen molar-refractivity contribution in [3.05, 3.63) is 58.8 Å². The van der Waals surface area contributed by atoms with Crippen LogP contribution < -0.4 is 10.5 Å². The van der Waals surface area contributed by atoms with Gasteiger partial charge in [0, 0.05) is 35.0 Å². The van der Waals surface area contributed by atoms with Crippen LogP contribution in [-0.2, 0) is 6.42 Å². The first-order valence-electron chi connectivity index (χ1n) is 6.60. The van der Waals surface area contributed by atoms with Gasteiger partial charge in [-0.3, -0.25) is 4.98 Å². The summed E-state index contributed by atoms with van der Waals surface area (Å²) in [6, 6.07) is 11.6. The molecule has 0 aliphatic rings. The topological polar surface area (TPSA) is 61.0 Å². The van der Waals surface area contributed by atoms with Gasteiger partial charge in [-0.05, 0) is 33.6 Å². The van der Waals surface area contributed by atoms with Crippen LogP contribution in [0.5, 0.6) is 5.75 Å². The van der Waals surface area contributed by atoms with E-state index in [1.165, 1.54) is 0 Å². The molecule has 1 aromatic carbocycles. The summed E-state index contributed by atoms with van der Waals surface area (Å²) < 4.78 is 6.74. The van der Waals surface area contributed by atoms with Crippen molar-refractivity contribution in [2.24, 2.45) is 0 Å². The molecule has 0 aliphatic carbocycles. The fourth-order valence-electron chi connectivity index (χ4n) is 2.13. The van der Waals surface area contributed by atoms with Crippen LogP contribution in [-0.4, -0.2) is 16.6 Å². The Labute approximate surface area is 131 Å². The van der Waals surface area contributed by atoms with Crippen LogP contribution in [0.2, 0.25) is 0 Å². The van der Waals surface area contributed by atoms with Gasteiger partial charge in [0.15, 0.2) is 0 Å². The summed E-state index contributed by atoms with van der Waals surface area (Å²) in [4.78, 5) is 8.66. The third kappa shape index (κ3) is 3.13. The first-order valence-corrected chi connectivity index (χ1v) is 7.40. The van der Waals surface area contributed by atoms with Gasteiger partial charge in [-0.15, -0.1) is 0 Å². The Morgan fingerprint density at radius 2 is 2.00 bits per heavy atom. The predicted molar refractivity (Wildman–Crippen MR) is 87.3 cm³/mol. The van der Waals surface area contributed by atoms with Crippen LogP contribution in [0.25, 0.3) is 11.0 Å². The minimum atomic E-state index is 0.547. The number of benzene rings is 1. The van der Waals surface area contributed by atoms with E-state index in [-0.39, 0.29) is 0 Å². The average molecular weight is 344 g/mol. The lowest BCUT2D eigenvalue weighted by molar-refractivity contribution is 0.325. The van der Waals surface area contributed by atoms with Crippen molar-refractivity contribution in [3.63, 3.8) is 0 Å². The summed E-state index contributed by atoms with van der Waals surface area (Å²) in [6.07, 6.45) is 4.22. The maximum atomic E-state index is 5.92. The molecule has 3 rings (SSSR count). The van der Waals surface area contributed by atoms with Crippen LogP contribution in [0, 0.1) is 0 Å². The Hall–Kier alpha value is -2.14. The van der Waals surface area contributed by atoms with Gasteiger partial charge in [0.05, 0.1) is 12.1 Å². The fourth-order valence-corrected chi connectivity index (χ4v) is 2.45. The average Bonchev–Trinajstić information content (AvgIpc) is 2.49. The van der Waals surface area contributed by atoms with E-state index in [1.54, 1.807) is 12.4 Å². The second-order valence-electron chi connectivity index (χ2n) is 4.63. The van der Waals surface area contributed by atoms with Gasteiger partial charge in [-0.1, -0.05) is 18.2 Å². The molecule has 4 nitrogen and oxygen atoms in total. The standard InChI is InChI=1S/C16H14BrN3O/c17-12-9-14-16(20-10-12)15(5-7-19-14)21-8-6-11-3-1-2-4-13(11)18/h1-5,7,9-10H,6,8,18H2. The van der Waals surface area contributed by atoms with Crippen molar-refractivity contribution in [3.8, 4) is 5.75 Å². The Bertz CT molecular complexity index is 776. The number of ether oxygens (including phenoxy) is 1. The van der Waals surface area contributed by atoms with Gasteiger partial charge in [0.2, 0.25) is 0 Å². The number of hydrogen-bond donors (Lipinski definition) is 1. The first kappa shape index (κ1) is 13.8. The van der Waals surface area contributed by atoms with Crippen molar-refractivity contribution in [1.82, 2.24) is 9.97 Å². The molecule has 0 fully saturated rings. The van der Waals surface area contributed by atoms with Crippen LogP contribution in [0.3, 0.4) is 0 Å². The Balaban J connectivity index is 1.75. The lowest BCUT2D eigenvalue weighted by Gasteiger charge is -2.09. The zero-order valence-electron chi connectivity index (χ0n) is 11.3. The molecule has 0 bridgehead atoms. The van der Waals surface area contributed by atoms with Gasteiger partial charge in [-0.25, -0.2) is 4.98 Å². The Morgan fingerprint density at radius 1 is 1.14 bits per heavy atom. The summed E-state index contributed by atoms with van der Waals surface area (Å²) >= 11 is 3.39. The minimum Gasteiger partial charge on any atom is -0.491 e. The zero-order chi connectivity index (χ0) is 14.7. The summed E-state index contributed by atoms with van der Waals surface area (Å²) in [6.45, 7) is 0.547. The monoisotopic (exact) mass is 343 g/mol. The molecule has 0 aliphatic heterocycles. The van der Waals surface area contributed by atoms with Gasteiger partial charge in [0.1, 0.15) is 11.3 Å². The number of hydrogen-bond acceptors (Lipinski definition) is 4. The highest BCUT2D eigenvalue weighted by molar-refractivity contribution is 9.10. The predicted octanol–water partition coefficient (Wildman–Crippen LogP) is 3.60. The summed E-state index contributed by atoms with van der Waals surface area (Å²) in [5.74, 6) is 0.738. The van der Waals surface area contributed by atoms with E-state index in [1.807, 2.05) is 36.4 Å². The largest absolute Gasteiger partial charge is 0.491 e. The molecule has 2 N–H and O–H groups in total. The summed E-state index contributed by atoms with van der Waals surface area (Å²) in [5.41, 5.74) is 9.38. The molecule has 0 saturated carbocycles. The van der Waals surface area contributed by atoms with Gasteiger partial charge < -0.3 is 10.5 Å². The molecule has 3 aromatic rings. The number of fused-ring (bicyclic) bond motifs is 1. The van der Waals surface area contributed by atoms with Gasteiger partial charge >= 0.3 is 0 Å². The molecule has 5 heteroatoms. The van der Waals surface area contributed by atoms with E-state index in [9.17, 15) is 0 Å². The quantitative estimate of drug-likeness (QED) is 0.735.